The van der Waals surface area contributed by atoms with E-state index in [4.69, 9.17) is 0 Å². The molecule has 6 aromatic carbocycles. The molecule has 0 heterocycles. The van der Waals surface area contributed by atoms with E-state index < -0.39 is 22.8 Å². The molecule has 0 spiro atoms. The molecule has 6 aromatic rings. The summed E-state index contributed by atoms with van der Waals surface area (Å²) in [5.74, 6) is 0. The van der Waals surface area contributed by atoms with E-state index >= 15 is 0 Å². The fraction of sp³-hybridized carbons (Fsp3) is 0.196. The van der Waals surface area contributed by atoms with Crippen molar-refractivity contribution >= 4 is 8.78 Å². The van der Waals surface area contributed by atoms with Gasteiger partial charge in [0.2, 0.25) is 0 Å². The zero-order valence-electron chi connectivity index (χ0n) is 31.3. The second-order valence-electron chi connectivity index (χ2n) is 16.3. The van der Waals surface area contributed by atoms with Crippen molar-refractivity contribution in [3.63, 3.8) is 0 Å². The maximum atomic E-state index is 2.60. The predicted octanol–water partition coefficient (Wildman–Crippen LogP) is 13.4. The van der Waals surface area contributed by atoms with Crippen LogP contribution in [0.2, 0.25) is 0 Å². The summed E-state index contributed by atoms with van der Waals surface area (Å²) in [7, 11) is 0. The summed E-state index contributed by atoms with van der Waals surface area (Å²) in [6.45, 7) is 14.4. The Hall–Kier alpha value is -4.45. The average molecular weight is 751 g/mol. The van der Waals surface area contributed by atoms with E-state index in [-0.39, 0.29) is 10.8 Å². The van der Waals surface area contributed by atoms with E-state index in [1.165, 1.54) is 72.3 Å². The molecule has 8 rings (SSSR count). The molecule has 0 N–H and O–H groups in total. The molecule has 1 heteroatoms. The van der Waals surface area contributed by atoms with Gasteiger partial charge in [-0.05, 0) is 0 Å². The monoisotopic (exact) mass is 749 g/mol. The minimum atomic E-state index is -1.40. The summed E-state index contributed by atoms with van der Waals surface area (Å²) >= 11 is -1.40. The molecule has 1 unspecified atom stereocenters. The standard InChI is InChI=1S/C38H37.C13H10.Zr/c1-37(2,3)29-21-22-30-28(23-29)24-31-32(25-19-13-14-20-25)36(38(4,5)6)34(27-17-11-8-12-18-27)33(35(30)31)26-15-9-7-10-16-26;1-3-7-12(8-4-1)11-13-9-5-2-6-10-13;/h7-19,21-24H,20H2,1-6H3;1-10H;. The second-order valence-corrected chi connectivity index (χ2v) is 19.7. The van der Waals surface area contributed by atoms with E-state index in [9.17, 15) is 0 Å². The topological polar surface area (TPSA) is 0 Å². The Morgan fingerprint density at radius 2 is 1.10 bits per heavy atom. The summed E-state index contributed by atoms with van der Waals surface area (Å²) in [6, 6.07) is 52.5. The molecule has 0 fully saturated rings. The van der Waals surface area contributed by atoms with Gasteiger partial charge in [-0.25, -0.2) is 0 Å². The van der Waals surface area contributed by atoms with Gasteiger partial charge in [0.15, 0.2) is 0 Å². The van der Waals surface area contributed by atoms with Crippen LogP contribution in [0.25, 0.3) is 39.0 Å². The number of hydrogen-bond donors (Lipinski definition) is 0. The van der Waals surface area contributed by atoms with Crippen LogP contribution < -0.4 is 0 Å². The van der Waals surface area contributed by atoms with Gasteiger partial charge in [-0.3, -0.25) is 0 Å². The van der Waals surface area contributed by atoms with Crippen LogP contribution in [-0.2, 0) is 33.6 Å². The van der Waals surface area contributed by atoms with E-state index in [0.717, 1.165) is 6.42 Å². The SMILES string of the molecule is CC(C)(C)c1ccc2c(c1)[CH]([Zr]=[C](c1ccccc1)c1ccccc1)c1c(C3=CC=CC3)c(C(C)(C)C)c(-c3ccccc3)c(-c3ccccc3)c1-2. The third-order valence-electron chi connectivity index (χ3n) is 10.7. The molecule has 2 aliphatic rings. The molecular formula is C51H47Zr. The van der Waals surface area contributed by atoms with Gasteiger partial charge >= 0.3 is 324 Å². The van der Waals surface area contributed by atoms with Gasteiger partial charge in [-0.15, -0.1) is 0 Å². The Labute approximate surface area is 322 Å². The van der Waals surface area contributed by atoms with Gasteiger partial charge in [0.05, 0.1) is 0 Å². The van der Waals surface area contributed by atoms with Gasteiger partial charge < -0.3 is 0 Å². The first-order valence-corrected chi connectivity index (χ1v) is 21.4. The number of fused-ring (bicyclic) bond motifs is 3. The van der Waals surface area contributed by atoms with Gasteiger partial charge in [0.1, 0.15) is 0 Å². The van der Waals surface area contributed by atoms with Crippen LogP contribution in [-0.4, -0.2) is 3.21 Å². The van der Waals surface area contributed by atoms with E-state index in [1.807, 2.05) is 0 Å². The van der Waals surface area contributed by atoms with Crippen LogP contribution >= 0.6 is 0 Å². The Morgan fingerprint density at radius 3 is 1.60 bits per heavy atom. The Morgan fingerprint density at radius 1 is 0.558 bits per heavy atom. The molecule has 255 valence electrons. The fourth-order valence-electron chi connectivity index (χ4n) is 8.33. The van der Waals surface area contributed by atoms with Crippen LogP contribution in [0.5, 0.6) is 0 Å². The number of benzene rings is 6. The molecule has 2 aliphatic carbocycles. The van der Waals surface area contributed by atoms with Crippen LogP contribution in [0.4, 0.5) is 0 Å². The molecular weight excluding hydrogens is 704 g/mol. The normalized spacial score (nSPS) is 14.8. The number of rotatable bonds is 6. The molecule has 0 amide bonds. The summed E-state index contributed by atoms with van der Waals surface area (Å²) in [5.41, 5.74) is 19.8. The van der Waals surface area contributed by atoms with Crippen LogP contribution in [0, 0.1) is 0 Å². The first-order chi connectivity index (χ1) is 25.1. The van der Waals surface area contributed by atoms with Crippen molar-refractivity contribution in [3.8, 4) is 33.4 Å². The van der Waals surface area contributed by atoms with Crippen molar-refractivity contribution in [1.29, 1.82) is 0 Å². The third-order valence-corrected chi connectivity index (χ3v) is 15.0. The second kappa shape index (κ2) is 13.8. The van der Waals surface area contributed by atoms with Crippen molar-refractivity contribution in [3.05, 3.63) is 197 Å². The van der Waals surface area contributed by atoms with Crippen molar-refractivity contribution in [1.82, 2.24) is 0 Å². The molecule has 0 nitrogen and oxygen atoms in total. The molecule has 1 atom stereocenters. The van der Waals surface area contributed by atoms with Gasteiger partial charge in [-0.2, -0.15) is 0 Å². The van der Waals surface area contributed by atoms with E-state index in [1.54, 1.807) is 8.77 Å². The van der Waals surface area contributed by atoms with Crippen molar-refractivity contribution in [2.45, 2.75) is 62.4 Å². The molecule has 52 heavy (non-hydrogen) atoms. The summed E-state index contributed by atoms with van der Waals surface area (Å²) in [4.78, 5) is 0. The van der Waals surface area contributed by atoms with E-state index in [2.05, 4.69) is 199 Å². The average Bonchev–Trinajstić information content (AvgIpc) is 3.80. The molecule has 0 saturated heterocycles. The molecule has 0 radical (unpaired) electrons. The Balaban J connectivity index is 1.60. The van der Waals surface area contributed by atoms with Gasteiger partial charge in [0.25, 0.3) is 0 Å². The van der Waals surface area contributed by atoms with Gasteiger partial charge in [0, 0.05) is 0 Å². The molecule has 0 aromatic heterocycles. The summed E-state index contributed by atoms with van der Waals surface area (Å²) in [5, 5.41) is 0. The zero-order valence-corrected chi connectivity index (χ0v) is 33.8. The summed E-state index contributed by atoms with van der Waals surface area (Å²) in [6.07, 6.45) is 8.00. The number of allylic oxidation sites excluding steroid dienone is 4. The van der Waals surface area contributed by atoms with Crippen molar-refractivity contribution in [2.75, 3.05) is 0 Å². The minimum absolute atomic E-state index is 0.0412. The molecule has 0 bridgehead atoms. The first kappa shape index (κ1) is 34.6. The van der Waals surface area contributed by atoms with Gasteiger partial charge in [-0.1, -0.05) is 0 Å². The Kier molecular flexibility index (Phi) is 9.21. The fourth-order valence-corrected chi connectivity index (χ4v) is 12.7. The maximum absolute atomic E-state index is 2.60. The molecule has 0 saturated carbocycles. The predicted molar refractivity (Wildman–Crippen MR) is 220 cm³/mol. The van der Waals surface area contributed by atoms with E-state index in [0.29, 0.717) is 3.63 Å². The van der Waals surface area contributed by atoms with Crippen LogP contribution in [0.15, 0.2) is 158 Å². The first-order valence-electron chi connectivity index (χ1n) is 18.7. The third kappa shape index (κ3) is 6.33. The van der Waals surface area contributed by atoms with Crippen LogP contribution in [0.3, 0.4) is 0 Å². The van der Waals surface area contributed by atoms with Crippen molar-refractivity contribution < 1.29 is 22.8 Å². The Bertz CT molecular complexity index is 2300. The molecule has 0 aliphatic heterocycles. The van der Waals surface area contributed by atoms with Crippen LogP contribution in [0.1, 0.15) is 90.5 Å². The quantitative estimate of drug-likeness (QED) is 0.159. The summed E-state index contributed by atoms with van der Waals surface area (Å²) < 4.78 is 1.89. The zero-order chi connectivity index (χ0) is 36.0. The number of hydrogen-bond acceptors (Lipinski definition) is 0. The van der Waals surface area contributed by atoms with Crippen molar-refractivity contribution in [2.24, 2.45) is 0 Å².